The average molecular weight is 169 g/mol. The van der Waals surface area contributed by atoms with Crippen LogP contribution in [0, 0.1) is 11.8 Å². The highest BCUT2D eigenvalue weighted by atomic mass is 14.6. The lowest BCUT2D eigenvalue weighted by Gasteiger charge is -2.14. The first-order valence-corrected chi connectivity index (χ1v) is 5.05. The maximum Gasteiger partial charge on any atom is 0.00966 e. The molecule has 3 unspecified atom stereocenters. The quantitative estimate of drug-likeness (QED) is 0.629. The topological polar surface area (TPSA) is 26.0 Å². The van der Waals surface area contributed by atoms with Gasteiger partial charge >= 0.3 is 0 Å². The Morgan fingerprint density at radius 2 is 1.67 bits per heavy atom. The van der Waals surface area contributed by atoms with Crippen LogP contribution in [0.1, 0.15) is 40.5 Å². The summed E-state index contributed by atoms with van der Waals surface area (Å²) in [5, 5.41) is 0. The van der Waals surface area contributed by atoms with Crippen LogP contribution >= 0.6 is 0 Å². The molecule has 0 saturated carbocycles. The van der Waals surface area contributed by atoms with Gasteiger partial charge in [-0.2, -0.15) is 0 Å². The van der Waals surface area contributed by atoms with Gasteiger partial charge in [0, 0.05) is 6.04 Å². The molecule has 0 radical (unpaired) electrons. The lowest BCUT2D eigenvalue weighted by Crippen LogP contribution is -2.25. The van der Waals surface area contributed by atoms with Crippen molar-refractivity contribution in [3.05, 3.63) is 12.2 Å². The van der Waals surface area contributed by atoms with Gasteiger partial charge in [-0.05, 0) is 18.3 Å². The average Bonchev–Trinajstić information content (AvgIpc) is 2.11. The molecule has 0 heterocycles. The molecule has 0 spiro atoms. The van der Waals surface area contributed by atoms with Crippen molar-refractivity contribution in [2.24, 2.45) is 17.6 Å². The van der Waals surface area contributed by atoms with Gasteiger partial charge in [-0.15, -0.1) is 0 Å². The van der Waals surface area contributed by atoms with Gasteiger partial charge in [-0.1, -0.05) is 46.3 Å². The molecule has 0 aromatic carbocycles. The van der Waals surface area contributed by atoms with Crippen LogP contribution in [0.4, 0.5) is 0 Å². The van der Waals surface area contributed by atoms with Crippen LogP contribution in [0.5, 0.6) is 0 Å². The summed E-state index contributed by atoms with van der Waals surface area (Å²) in [5.41, 5.74) is 5.89. The molecule has 0 amide bonds. The first kappa shape index (κ1) is 11.7. The fourth-order valence-electron chi connectivity index (χ4n) is 1.02. The summed E-state index contributed by atoms with van der Waals surface area (Å²) >= 11 is 0. The maximum atomic E-state index is 5.89. The molecule has 0 bridgehead atoms. The van der Waals surface area contributed by atoms with Gasteiger partial charge in [0.2, 0.25) is 0 Å². The smallest absolute Gasteiger partial charge is 0.00966 e. The molecule has 0 rings (SSSR count). The van der Waals surface area contributed by atoms with E-state index in [1.165, 1.54) is 6.42 Å². The molecule has 0 aliphatic heterocycles. The predicted molar refractivity (Wildman–Crippen MR) is 56.0 cm³/mol. The van der Waals surface area contributed by atoms with Crippen LogP contribution in [0.25, 0.3) is 0 Å². The second-order valence-electron chi connectivity index (χ2n) is 3.70. The van der Waals surface area contributed by atoms with Gasteiger partial charge < -0.3 is 5.73 Å². The first-order valence-electron chi connectivity index (χ1n) is 5.05. The molecule has 0 aromatic heterocycles. The molecule has 1 heteroatoms. The molecule has 2 N–H and O–H groups in total. The highest BCUT2D eigenvalue weighted by molar-refractivity contribution is 4.93. The maximum absolute atomic E-state index is 5.89. The minimum Gasteiger partial charge on any atom is -0.327 e. The summed E-state index contributed by atoms with van der Waals surface area (Å²) in [6.45, 7) is 8.77. The van der Waals surface area contributed by atoms with Crippen molar-refractivity contribution in [3.8, 4) is 0 Å². The Morgan fingerprint density at radius 1 is 1.08 bits per heavy atom. The largest absolute Gasteiger partial charge is 0.327 e. The van der Waals surface area contributed by atoms with Crippen LogP contribution in [-0.2, 0) is 0 Å². The van der Waals surface area contributed by atoms with Crippen molar-refractivity contribution in [1.82, 2.24) is 0 Å². The highest BCUT2D eigenvalue weighted by Gasteiger charge is 2.06. The Kier molecular flexibility index (Phi) is 6.09. The van der Waals surface area contributed by atoms with Crippen molar-refractivity contribution in [2.45, 2.75) is 46.6 Å². The van der Waals surface area contributed by atoms with Gasteiger partial charge in [-0.25, -0.2) is 0 Å². The number of hydrogen-bond donors (Lipinski definition) is 1. The van der Waals surface area contributed by atoms with Gasteiger partial charge in [0.15, 0.2) is 0 Å². The van der Waals surface area contributed by atoms with E-state index in [-0.39, 0.29) is 0 Å². The molecular weight excluding hydrogens is 146 g/mol. The molecule has 12 heavy (non-hydrogen) atoms. The monoisotopic (exact) mass is 169 g/mol. The minimum atomic E-state index is 0.324. The standard InChI is InChI=1S/C11H23N/c1-5-9(3)7-8-10(4)11(12)6-2/h7-11H,5-6,12H2,1-4H3. The molecule has 3 atom stereocenters. The van der Waals surface area contributed by atoms with Gasteiger partial charge in [0.05, 0.1) is 0 Å². The van der Waals surface area contributed by atoms with Crippen molar-refractivity contribution >= 4 is 0 Å². The van der Waals surface area contributed by atoms with Crippen LogP contribution in [0.3, 0.4) is 0 Å². The lowest BCUT2D eigenvalue weighted by atomic mass is 9.98. The molecule has 1 nitrogen and oxygen atoms in total. The number of rotatable bonds is 5. The molecule has 0 aliphatic rings. The summed E-state index contributed by atoms with van der Waals surface area (Å²) in [6.07, 6.45) is 6.80. The molecule has 72 valence electrons. The second kappa shape index (κ2) is 6.24. The van der Waals surface area contributed by atoms with E-state index in [1.807, 2.05) is 0 Å². The third-order valence-electron chi connectivity index (χ3n) is 2.53. The predicted octanol–water partition coefficient (Wildman–Crippen LogP) is 2.96. The van der Waals surface area contributed by atoms with E-state index in [9.17, 15) is 0 Å². The van der Waals surface area contributed by atoms with Gasteiger partial charge in [0.25, 0.3) is 0 Å². The Bertz CT molecular complexity index is 129. The molecule has 0 aliphatic carbocycles. The van der Waals surface area contributed by atoms with Crippen LogP contribution < -0.4 is 5.73 Å². The SMILES string of the molecule is CCC(C)C=CC(C)C(N)CC. The van der Waals surface area contributed by atoms with E-state index in [1.54, 1.807) is 0 Å². The summed E-state index contributed by atoms with van der Waals surface area (Å²) < 4.78 is 0. The Balaban J connectivity index is 3.81. The first-order chi connectivity index (χ1) is 5.61. The zero-order chi connectivity index (χ0) is 9.56. The third-order valence-corrected chi connectivity index (χ3v) is 2.53. The fraction of sp³-hybridized carbons (Fsp3) is 0.818. The van der Waals surface area contributed by atoms with Crippen molar-refractivity contribution in [3.63, 3.8) is 0 Å². The normalized spacial score (nSPS) is 19.4. The Hall–Kier alpha value is -0.300. The van der Waals surface area contributed by atoms with Crippen molar-refractivity contribution in [1.29, 1.82) is 0 Å². The van der Waals surface area contributed by atoms with Crippen molar-refractivity contribution < 1.29 is 0 Å². The number of hydrogen-bond acceptors (Lipinski definition) is 1. The van der Waals surface area contributed by atoms with Crippen LogP contribution in [0.2, 0.25) is 0 Å². The van der Waals surface area contributed by atoms with E-state index in [0.29, 0.717) is 17.9 Å². The Labute approximate surface area is 77.0 Å². The fourth-order valence-corrected chi connectivity index (χ4v) is 1.02. The van der Waals surface area contributed by atoms with E-state index in [0.717, 1.165) is 6.42 Å². The summed E-state index contributed by atoms with van der Waals surface area (Å²) in [7, 11) is 0. The second-order valence-corrected chi connectivity index (χ2v) is 3.70. The van der Waals surface area contributed by atoms with Gasteiger partial charge in [-0.3, -0.25) is 0 Å². The Morgan fingerprint density at radius 3 is 2.08 bits per heavy atom. The summed E-state index contributed by atoms with van der Waals surface area (Å²) in [5.74, 6) is 1.21. The zero-order valence-electron chi connectivity index (χ0n) is 8.88. The third kappa shape index (κ3) is 4.55. The van der Waals surface area contributed by atoms with E-state index >= 15 is 0 Å². The summed E-state index contributed by atoms with van der Waals surface area (Å²) in [6, 6.07) is 0.324. The van der Waals surface area contributed by atoms with Crippen LogP contribution in [-0.4, -0.2) is 6.04 Å². The summed E-state index contributed by atoms with van der Waals surface area (Å²) in [4.78, 5) is 0. The minimum absolute atomic E-state index is 0.324. The van der Waals surface area contributed by atoms with Crippen molar-refractivity contribution in [2.75, 3.05) is 0 Å². The molecule has 0 saturated heterocycles. The van der Waals surface area contributed by atoms with E-state index < -0.39 is 0 Å². The lowest BCUT2D eigenvalue weighted by molar-refractivity contribution is 0.520. The van der Waals surface area contributed by atoms with Crippen LogP contribution in [0.15, 0.2) is 12.2 Å². The van der Waals surface area contributed by atoms with E-state index in [2.05, 4.69) is 39.8 Å². The molecule has 0 aromatic rings. The highest BCUT2D eigenvalue weighted by Crippen LogP contribution is 2.09. The zero-order valence-corrected chi connectivity index (χ0v) is 8.88. The van der Waals surface area contributed by atoms with Gasteiger partial charge in [0.1, 0.15) is 0 Å². The number of allylic oxidation sites excluding steroid dienone is 1. The molecule has 0 fully saturated rings. The molecular formula is C11H23N. The van der Waals surface area contributed by atoms with E-state index in [4.69, 9.17) is 5.73 Å². The number of nitrogens with two attached hydrogens (primary N) is 1.